The third-order valence-corrected chi connectivity index (χ3v) is 5.66. The predicted octanol–water partition coefficient (Wildman–Crippen LogP) is 3.42. The van der Waals surface area contributed by atoms with Crippen LogP contribution in [0.5, 0.6) is 23.0 Å². The standard InChI is InChI=1S/C26H24N2O6/c1-16(23-14-31-19-6-2-4-8-21(19)33-23)27-25(29)17-10-12-18(13-11-17)28-26(30)24-15-32-20-7-3-5-9-22(20)34-24/h2-13,16,23-24H,14-15H2,1H3,(H,27,29)(H,28,30)/t16-,23+,24-/m0/s1. The number of benzene rings is 3. The number of nitrogens with one attached hydrogen (secondary N) is 2. The highest BCUT2D eigenvalue weighted by Gasteiger charge is 2.28. The highest BCUT2D eigenvalue weighted by atomic mass is 16.6. The summed E-state index contributed by atoms with van der Waals surface area (Å²) in [5.74, 6) is 1.94. The molecule has 0 saturated carbocycles. The summed E-state index contributed by atoms with van der Waals surface area (Å²) in [6.45, 7) is 2.35. The van der Waals surface area contributed by atoms with Crippen molar-refractivity contribution in [1.82, 2.24) is 5.32 Å². The second-order valence-corrected chi connectivity index (χ2v) is 8.11. The van der Waals surface area contributed by atoms with E-state index in [0.717, 1.165) is 0 Å². The molecule has 174 valence electrons. The molecule has 0 aromatic heterocycles. The Morgan fingerprint density at radius 2 is 1.38 bits per heavy atom. The number of ether oxygens (including phenoxy) is 4. The minimum Gasteiger partial charge on any atom is -0.486 e. The van der Waals surface area contributed by atoms with E-state index in [9.17, 15) is 9.59 Å². The van der Waals surface area contributed by atoms with Gasteiger partial charge in [-0.25, -0.2) is 0 Å². The molecule has 2 aliphatic rings. The number of hydrogen-bond donors (Lipinski definition) is 2. The minimum absolute atomic E-state index is 0.124. The van der Waals surface area contributed by atoms with Gasteiger partial charge in [0, 0.05) is 11.3 Å². The molecule has 2 aliphatic heterocycles. The van der Waals surface area contributed by atoms with Crippen molar-refractivity contribution in [1.29, 1.82) is 0 Å². The zero-order valence-corrected chi connectivity index (χ0v) is 18.5. The van der Waals surface area contributed by atoms with Crippen molar-refractivity contribution in [3.63, 3.8) is 0 Å². The molecule has 2 amide bonds. The number of para-hydroxylation sites is 4. The summed E-state index contributed by atoms with van der Waals surface area (Å²) in [7, 11) is 0. The fourth-order valence-electron chi connectivity index (χ4n) is 3.74. The number of rotatable bonds is 5. The lowest BCUT2D eigenvalue weighted by Gasteiger charge is -2.30. The molecule has 34 heavy (non-hydrogen) atoms. The van der Waals surface area contributed by atoms with Crippen LogP contribution >= 0.6 is 0 Å². The van der Waals surface area contributed by atoms with Gasteiger partial charge in [-0.1, -0.05) is 24.3 Å². The lowest BCUT2D eigenvalue weighted by Crippen LogP contribution is -2.48. The van der Waals surface area contributed by atoms with Crippen LogP contribution in [0.25, 0.3) is 0 Å². The molecule has 8 heteroatoms. The van der Waals surface area contributed by atoms with E-state index < -0.39 is 6.10 Å². The van der Waals surface area contributed by atoms with Gasteiger partial charge in [-0.2, -0.15) is 0 Å². The van der Waals surface area contributed by atoms with Crippen LogP contribution in [0, 0.1) is 0 Å². The molecule has 8 nitrogen and oxygen atoms in total. The van der Waals surface area contributed by atoms with E-state index in [1.807, 2.05) is 43.3 Å². The van der Waals surface area contributed by atoms with Crippen LogP contribution in [0.1, 0.15) is 17.3 Å². The number of fused-ring (bicyclic) bond motifs is 2. The lowest BCUT2D eigenvalue weighted by molar-refractivity contribution is -0.125. The Labute approximate surface area is 196 Å². The van der Waals surface area contributed by atoms with E-state index in [4.69, 9.17) is 18.9 Å². The fraction of sp³-hybridized carbons (Fsp3) is 0.231. The molecule has 0 saturated heterocycles. The number of hydrogen-bond acceptors (Lipinski definition) is 6. The summed E-state index contributed by atoms with van der Waals surface area (Å²) < 4.78 is 23.0. The Kier molecular flexibility index (Phi) is 5.95. The summed E-state index contributed by atoms with van der Waals surface area (Å²) in [4.78, 5) is 25.3. The van der Waals surface area contributed by atoms with Crippen LogP contribution in [-0.4, -0.2) is 43.3 Å². The molecule has 0 bridgehead atoms. The molecule has 5 rings (SSSR count). The molecule has 0 unspecified atom stereocenters. The van der Waals surface area contributed by atoms with Gasteiger partial charge in [0.1, 0.15) is 13.2 Å². The molecule has 3 aromatic rings. The van der Waals surface area contributed by atoms with Crippen molar-refractivity contribution < 1.29 is 28.5 Å². The predicted molar refractivity (Wildman–Crippen MR) is 125 cm³/mol. The molecular formula is C26H24N2O6. The van der Waals surface area contributed by atoms with Gasteiger partial charge in [0.15, 0.2) is 29.1 Å². The molecule has 3 atom stereocenters. The molecule has 2 N–H and O–H groups in total. The van der Waals surface area contributed by atoms with E-state index in [1.165, 1.54) is 0 Å². The first-order chi connectivity index (χ1) is 16.6. The maximum Gasteiger partial charge on any atom is 0.269 e. The van der Waals surface area contributed by atoms with Gasteiger partial charge in [0.05, 0.1) is 6.04 Å². The highest BCUT2D eigenvalue weighted by Crippen LogP contribution is 2.32. The number of anilines is 1. The van der Waals surface area contributed by atoms with E-state index in [1.54, 1.807) is 36.4 Å². The van der Waals surface area contributed by atoms with Crippen LogP contribution in [0.15, 0.2) is 72.8 Å². The third kappa shape index (κ3) is 4.61. The minimum atomic E-state index is -0.762. The van der Waals surface area contributed by atoms with E-state index >= 15 is 0 Å². The average Bonchev–Trinajstić information content (AvgIpc) is 2.88. The SMILES string of the molecule is C[C@H](NC(=O)c1ccc(NC(=O)[C@@H]2COc3ccccc3O2)cc1)[C@H]1COc2ccccc2O1. The molecule has 0 radical (unpaired) electrons. The van der Waals surface area contributed by atoms with E-state index in [-0.39, 0.29) is 30.6 Å². The molecule has 0 spiro atoms. The molecular weight excluding hydrogens is 436 g/mol. The number of carbonyl (C=O) groups is 2. The van der Waals surface area contributed by atoms with Gasteiger partial charge in [0.25, 0.3) is 11.8 Å². The van der Waals surface area contributed by atoms with Crippen LogP contribution in [0.2, 0.25) is 0 Å². The van der Waals surface area contributed by atoms with Crippen LogP contribution in [-0.2, 0) is 4.79 Å². The quantitative estimate of drug-likeness (QED) is 0.606. The summed E-state index contributed by atoms with van der Waals surface area (Å²) in [6.07, 6.45) is -1.07. The average molecular weight is 460 g/mol. The Hall–Kier alpha value is -4.20. The van der Waals surface area contributed by atoms with Crippen molar-refractivity contribution in [3.05, 3.63) is 78.4 Å². The second-order valence-electron chi connectivity index (χ2n) is 8.11. The smallest absolute Gasteiger partial charge is 0.269 e. The largest absolute Gasteiger partial charge is 0.486 e. The Morgan fingerprint density at radius 1 is 0.794 bits per heavy atom. The maximum atomic E-state index is 12.7. The van der Waals surface area contributed by atoms with Crippen molar-refractivity contribution in [3.8, 4) is 23.0 Å². The Morgan fingerprint density at radius 3 is 2.06 bits per heavy atom. The van der Waals surface area contributed by atoms with Crippen molar-refractivity contribution >= 4 is 17.5 Å². The molecule has 2 heterocycles. The number of amides is 2. The van der Waals surface area contributed by atoms with Crippen LogP contribution < -0.4 is 29.6 Å². The molecule has 3 aromatic carbocycles. The third-order valence-electron chi connectivity index (χ3n) is 5.66. The van der Waals surface area contributed by atoms with Crippen LogP contribution in [0.4, 0.5) is 5.69 Å². The monoisotopic (exact) mass is 460 g/mol. The van der Waals surface area contributed by atoms with E-state index in [0.29, 0.717) is 40.9 Å². The Bertz CT molecular complexity index is 1200. The van der Waals surface area contributed by atoms with Gasteiger partial charge in [-0.3, -0.25) is 9.59 Å². The zero-order chi connectivity index (χ0) is 23.5. The first-order valence-electron chi connectivity index (χ1n) is 11.1. The Balaban J connectivity index is 1.15. The maximum absolute atomic E-state index is 12.7. The topological polar surface area (TPSA) is 95.1 Å². The summed E-state index contributed by atoms with van der Waals surface area (Å²) >= 11 is 0. The van der Waals surface area contributed by atoms with Gasteiger partial charge in [0.2, 0.25) is 6.10 Å². The normalized spacial score (nSPS) is 19.0. The summed E-state index contributed by atoms with van der Waals surface area (Å²) in [6, 6.07) is 21.0. The van der Waals surface area contributed by atoms with E-state index in [2.05, 4.69) is 10.6 Å². The summed E-state index contributed by atoms with van der Waals surface area (Å²) in [5, 5.41) is 5.75. The van der Waals surface area contributed by atoms with Crippen molar-refractivity contribution in [2.24, 2.45) is 0 Å². The zero-order valence-electron chi connectivity index (χ0n) is 18.5. The molecule has 0 aliphatic carbocycles. The highest BCUT2D eigenvalue weighted by molar-refractivity contribution is 5.97. The van der Waals surface area contributed by atoms with Gasteiger partial charge >= 0.3 is 0 Å². The first kappa shape index (κ1) is 21.6. The number of carbonyl (C=O) groups excluding carboxylic acids is 2. The first-order valence-corrected chi connectivity index (χ1v) is 11.1. The fourth-order valence-corrected chi connectivity index (χ4v) is 3.74. The van der Waals surface area contributed by atoms with Crippen LogP contribution in [0.3, 0.4) is 0 Å². The van der Waals surface area contributed by atoms with Crippen molar-refractivity contribution in [2.45, 2.75) is 25.2 Å². The summed E-state index contributed by atoms with van der Waals surface area (Å²) in [5.41, 5.74) is 1.02. The van der Waals surface area contributed by atoms with Gasteiger partial charge in [-0.15, -0.1) is 0 Å². The lowest BCUT2D eigenvalue weighted by atomic mass is 10.1. The van der Waals surface area contributed by atoms with Crippen molar-refractivity contribution in [2.75, 3.05) is 18.5 Å². The molecule has 0 fully saturated rings. The van der Waals surface area contributed by atoms with Gasteiger partial charge < -0.3 is 29.6 Å². The van der Waals surface area contributed by atoms with Gasteiger partial charge in [-0.05, 0) is 55.5 Å². The second kappa shape index (κ2) is 9.35.